The quantitative estimate of drug-likeness (QED) is 0.883. The predicted octanol–water partition coefficient (Wildman–Crippen LogP) is 1.76. The number of carboxylic acid groups (broad SMARTS) is 1. The van der Waals surface area contributed by atoms with Crippen molar-refractivity contribution in [2.45, 2.75) is 20.8 Å². The van der Waals surface area contributed by atoms with Gasteiger partial charge in [0.25, 0.3) is 0 Å². The third-order valence-corrected chi connectivity index (χ3v) is 2.79. The molecule has 19 heavy (non-hydrogen) atoms. The van der Waals surface area contributed by atoms with Crippen LogP contribution in [0, 0.1) is 32.1 Å². The maximum absolute atomic E-state index is 11.2. The molecular formula is C13H12N4O2. The van der Waals surface area contributed by atoms with Crippen molar-refractivity contribution in [2.24, 2.45) is 0 Å². The van der Waals surface area contributed by atoms with Gasteiger partial charge in [-0.1, -0.05) is 0 Å². The van der Waals surface area contributed by atoms with Crippen LogP contribution in [0.25, 0.3) is 5.82 Å². The molecule has 0 atom stereocenters. The number of aromatic carboxylic acids is 1. The Balaban J connectivity index is 2.67. The van der Waals surface area contributed by atoms with Crippen LogP contribution in [0.1, 0.15) is 33.0 Å². The number of nitrogens with zero attached hydrogens (tertiary/aromatic N) is 4. The van der Waals surface area contributed by atoms with Gasteiger partial charge in [0.2, 0.25) is 0 Å². The number of nitriles is 1. The number of carboxylic acids is 1. The molecule has 0 amide bonds. The van der Waals surface area contributed by atoms with E-state index in [1.807, 2.05) is 6.07 Å². The summed E-state index contributed by atoms with van der Waals surface area (Å²) in [5, 5.41) is 22.3. The van der Waals surface area contributed by atoms with Crippen LogP contribution in [-0.4, -0.2) is 25.8 Å². The Hall–Kier alpha value is -2.68. The van der Waals surface area contributed by atoms with Crippen molar-refractivity contribution in [1.82, 2.24) is 14.8 Å². The molecule has 96 valence electrons. The molecule has 0 bridgehead atoms. The Morgan fingerprint density at radius 3 is 2.58 bits per heavy atom. The smallest absolute Gasteiger partial charge is 0.339 e. The van der Waals surface area contributed by atoms with Gasteiger partial charge in [-0.25, -0.2) is 14.5 Å². The summed E-state index contributed by atoms with van der Waals surface area (Å²) in [7, 11) is 0. The van der Waals surface area contributed by atoms with Gasteiger partial charge in [-0.05, 0) is 26.8 Å². The lowest BCUT2D eigenvalue weighted by molar-refractivity contribution is 0.0695. The average molecular weight is 256 g/mol. The molecule has 1 N–H and O–H groups in total. The van der Waals surface area contributed by atoms with Crippen molar-refractivity contribution in [1.29, 1.82) is 5.26 Å². The molecule has 2 aromatic rings. The van der Waals surface area contributed by atoms with E-state index >= 15 is 0 Å². The topological polar surface area (TPSA) is 91.8 Å². The van der Waals surface area contributed by atoms with Gasteiger partial charge < -0.3 is 5.11 Å². The fourth-order valence-electron chi connectivity index (χ4n) is 2.00. The van der Waals surface area contributed by atoms with Crippen LogP contribution < -0.4 is 0 Å². The van der Waals surface area contributed by atoms with Gasteiger partial charge in [-0.2, -0.15) is 10.4 Å². The average Bonchev–Trinajstić information content (AvgIpc) is 2.63. The number of aryl methyl sites for hydroxylation is 2. The minimum absolute atomic E-state index is 0.168. The van der Waals surface area contributed by atoms with Crippen LogP contribution >= 0.6 is 0 Å². The lowest BCUT2D eigenvalue weighted by Gasteiger charge is -2.05. The Bertz CT molecular complexity index is 710. The molecule has 0 saturated heterocycles. The van der Waals surface area contributed by atoms with Crippen molar-refractivity contribution < 1.29 is 9.90 Å². The van der Waals surface area contributed by atoms with E-state index in [9.17, 15) is 4.79 Å². The molecule has 0 unspecified atom stereocenters. The van der Waals surface area contributed by atoms with Gasteiger partial charge in [0.15, 0.2) is 5.82 Å². The van der Waals surface area contributed by atoms with E-state index in [1.165, 1.54) is 4.68 Å². The Labute approximate surface area is 109 Å². The molecule has 0 fully saturated rings. The molecule has 0 spiro atoms. The van der Waals surface area contributed by atoms with Crippen LogP contribution in [0.15, 0.2) is 12.1 Å². The lowest BCUT2D eigenvalue weighted by atomic mass is 10.2. The van der Waals surface area contributed by atoms with Crippen molar-refractivity contribution in [3.05, 3.63) is 40.3 Å². The molecule has 0 aromatic carbocycles. The maximum atomic E-state index is 11.2. The summed E-state index contributed by atoms with van der Waals surface area (Å²) in [6, 6.07) is 5.29. The minimum Gasteiger partial charge on any atom is -0.478 e. The Morgan fingerprint density at radius 2 is 2.05 bits per heavy atom. The second-order valence-electron chi connectivity index (χ2n) is 4.23. The number of aromatic nitrogens is 3. The lowest BCUT2D eigenvalue weighted by Crippen LogP contribution is -2.05. The van der Waals surface area contributed by atoms with Crippen LogP contribution in [0.3, 0.4) is 0 Å². The Morgan fingerprint density at radius 1 is 1.37 bits per heavy atom. The second-order valence-corrected chi connectivity index (χ2v) is 4.23. The summed E-state index contributed by atoms with van der Waals surface area (Å²) in [4.78, 5) is 15.4. The summed E-state index contributed by atoms with van der Waals surface area (Å²) in [5.74, 6) is -0.570. The first-order valence-electron chi connectivity index (χ1n) is 5.62. The molecule has 0 radical (unpaired) electrons. The summed E-state index contributed by atoms with van der Waals surface area (Å²) < 4.78 is 1.45. The van der Waals surface area contributed by atoms with E-state index in [4.69, 9.17) is 10.4 Å². The molecule has 2 rings (SSSR count). The predicted molar refractivity (Wildman–Crippen MR) is 67.2 cm³/mol. The van der Waals surface area contributed by atoms with Crippen molar-refractivity contribution >= 4 is 5.97 Å². The molecule has 2 heterocycles. The van der Waals surface area contributed by atoms with Gasteiger partial charge in [0.1, 0.15) is 5.56 Å². The largest absolute Gasteiger partial charge is 0.478 e. The van der Waals surface area contributed by atoms with Crippen molar-refractivity contribution in [3.8, 4) is 11.9 Å². The van der Waals surface area contributed by atoms with Gasteiger partial charge in [-0.15, -0.1) is 0 Å². The first-order chi connectivity index (χ1) is 8.93. The van der Waals surface area contributed by atoms with Crippen molar-refractivity contribution in [2.75, 3.05) is 0 Å². The first kappa shape index (κ1) is 12.8. The normalized spacial score (nSPS) is 10.2. The monoisotopic (exact) mass is 256 g/mol. The Kier molecular flexibility index (Phi) is 3.05. The van der Waals surface area contributed by atoms with Crippen LogP contribution in [0.5, 0.6) is 0 Å². The molecule has 0 aliphatic heterocycles. The number of hydrogen-bond acceptors (Lipinski definition) is 4. The maximum Gasteiger partial charge on any atom is 0.339 e. The zero-order valence-corrected chi connectivity index (χ0v) is 10.8. The third kappa shape index (κ3) is 2.18. The SMILES string of the molecule is Cc1cc(C#N)cc(-n2nc(C)c(C(=O)O)c2C)n1. The standard InChI is InChI=1S/C13H12N4O2/c1-7-4-10(6-14)5-11(15-7)17-9(3)12(13(18)19)8(2)16-17/h4-5H,1-3H3,(H,18,19). The number of hydrogen-bond donors (Lipinski definition) is 1. The molecule has 6 nitrogen and oxygen atoms in total. The van der Waals surface area contributed by atoms with Gasteiger partial charge >= 0.3 is 5.97 Å². The highest BCUT2D eigenvalue weighted by Gasteiger charge is 2.19. The molecular weight excluding hydrogens is 244 g/mol. The second kappa shape index (κ2) is 4.53. The number of pyridine rings is 1. The van der Waals surface area contributed by atoms with E-state index in [-0.39, 0.29) is 5.56 Å². The van der Waals surface area contributed by atoms with E-state index in [1.54, 1.807) is 32.9 Å². The first-order valence-corrected chi connectivity index (χ1v) is 5.62. The highest BCUT2D eigenvalue weighted by atomic mass is 16.4. The van der Waals surface area contributed by atoms with E-state index in [0.717, 1.165) is 0 Å². The minimum atomic E-state index is -1.02. The van der Waals surface area contributed by atoms with E-state index in [0.29, 0.717) is 28.5 Å². The van der Waals surface area contributed by atoms with Gasteiger partial charge in [0, 0.05) is 11.8 Å². The summed E-state index contributed by atoms with van der Waals surface area (Å²) in [6.45, 7) is 5.07. The van der Waals surface area contributed by atoms with E-state index in [2.05, 4.69) is 10.1 Å². The molecule has 0 saturated carbocycles. The number of carbonyl (C=O) groups is 1. The fraction of sp³-hybridized carbons (Fsp3) is 0.231. The third-order valence-electron chi connectivity index (χ3n) is 2.79. The van der Waals surface area contributed by atoms with Crippen LogP contribution in [0.4, 0.5) is 0 Å². The van der Waals surface area contributed by atoms with E-state index < -0.39 is 5.97 Å². The molecule has 6 heteroatoms. The molecule has 2 aromatic heterocycles. The summed E-state index contributed by atoms with van der Waals surface area (Å²) in [5.41, 5.74) is 2.23. The highest BCUT2D eigenvalue weighted by molar-refractivity contribution is 5.90. The zero-order chi connectivity index (χ0) is 14.2. The molecule has 0 aliphatic carbocycles. The summed E-state index contributed by atoms with van der Waals surface area (Å²) >= 11 is 0. The van der Waals surface area contributed by atoms with Gasteiger partial charge in [-0.3, -0.25) is 0 Å². The number of rotatable bonds is 2. The highest BCUT2D eigenvalue weighted by Crippen LogP contribution is 2.17. The fourth-order valence-corrected chi connectivity index (χ4v) is 2.00. The van der Waals surface area contributed by atoms with Crippen LogP contribution in [0.2, 0.25) is 0 Å². The summed E-state index contributed by atoms with van der Waals surface area (Å²) in [6.07, 6.45) is 0. The molecule has 0 aliphatic rings. The zero-order valence-electron chi connectivity index (χ0n) is 10.8. The van der Waals surface area contributed by atoms with Crippen LogP contribution in [-0.2, 0) is 0 Å². The van der Waals surface area contributed by atoms with Crippen molar-refractivity contribution in [3.63, 3.8) is 0 Å². The van der Waals surface area contributed by atoms with Gasteiger partial charge in [0.05, 0.1) is 23.0 Å².